The molecular weight excluding hydrogens is 241 g/mol. The van der Waals surface area contributed by atoms with Crippen LogP contribution in [0.1, 0.15) is 50.7 Å². The number of hydrogen-bond acceptors (Lipinski definition) is 2. The molecule has 104 valence electrons. The fraction of sp³-hybridized carbons (Fsp3) is 0.625. The average molecular weight is 263 g/mol. The second-order valence-corrected chi connectivity index (χ2v) is 6.06. The van der Waals surface area contributed by atoms with Gasteiger partial charge in [-0.25, -0.2) is 4.39 Å². The Labute approximate surface area is 114 Å². The molecule has 2 unspecified atom stereocenters. The van der Waals surface area contributed by atoms with Gasteiger partial charge < -0.3 is 10.1 Å². The van der Waals surface area contributed by atoms with E-state index < -0.39 is 0 Å². The molecule has 1 heterocycles. The van der Waals surface area contributed by atoms with Crippen LogP contribution in [0, 0.1) is 5.82 Å². The van der Waals surface area contributed by atoms with E-state index in [0.29, 0.717) is 0 Å². The van der Waals surface area contributed by atoms with Crippen molar-refractivity contribution in [3.8, 4) is 0 Å². The third kappa shape index (κ3) is 2.67. The SMILES string of the molecule is CC1NC2(CCCCC2)COC1c1cccc(F)c1. The lowest BCUT2D eigenvalue weighted by Crippen LogP contribution is -2.59. The Bertz CT molecular complexity index is 442. The Balaban J connectivity index is 1.74. The topological polar surface area (TPSA) is 21.3 Å². The van der Waals surface area contributed by atoms with Crippen molar-refractivity contribution in [3.05, 3.63) is 35.6 Å². The summed E-state index contributed by atoms with van der Waals surface area (Å²) < 4.78 is 19.4. The fourth-order valence-electron chi connectivity index (χ4n) is 3.58. The smallest absolute Gasteiger partial charge is 0.123 e. The summed E-state index contributed by atoms with van der Waals surface area (Å²) in [5.74, 6) is -0.189. The van der Waals surface area contributed by atoms with Crippen LogP contribution in [0.15, 0.2) is 24.3 Å². The molecular formula is C16H22FNO. The molecule has 2 nitrogen and oxygen atoms in total. The molecule has 1 N–H and O–H groups in total. The number of morpholine rings is 1. The van der Waals surface area contributed by atoms with E-state index in [0.717, 1.165) is 12.2 Å². The van der Waals surface area contributed by atoms with Gasteiger partial charge in [-0.2, -0.15) is 0 Å². The zero-order valence-electron chi connectivity index (χ0n) is 11.5. The van der Waals surface area contributed by atoms with Gasteiger partial charge in [0.15, 0.2) is 0 Å². The van der Waals surface area contributed by atoms with Crippen molar-refractivity contribution in [3.63, 3.8) is 0 Å². The van der Waals surface area contributed by atoms with Crippen molar-refractivity contribution in [2.45, 2.75) is 56.7 Å². The van der Waals surface area contributed by atoms with E-state index in [-0.39, 0.29) is 23.5 Å². The fourth-order valence-corrected chi connectivity index (χ4v) is 3.58. The maximum atomic E-state index is 13.3. The number of ether oxygens (including phenoxy) is 1. The first-order valence-corrected chi connectivity index (χ1v) is 7.33. The van der Waals surface area contributed by atoms with E-state index in [4.69, 9.17) is 4.74 Å². The van der Waals surface area contributed by atoms with Crippen molar-refractivity contribution in [1.29, 1.82) is 0 Å². The van der Waals surface area contributed by atoms with Gasteiger partial charge in [-0.1, -0.05) is 31.4 Å². The summed E-state index contributed by atoms with van der Waals surface area (Å²) >= 11 is 0. The Morgan fingerprint density at radius 3 is 2.74 bits per heavy atom. The van der Waals surface area contributed by atoms with Crippen LogP contribution in [-0.2, 0) is 4.74 Å². The van der Waals surface area contributed by atoms with Crippen LogP contribution in [0.25, 0.3) is 0 Å². The van der Waals surface area contributed by atoms with Crippen LogP contribution in [0.5, 0.6) is 0 Å². The van der Waals surface area contributed by atoms with Gasteiger partial charge in [0.2, 0.25) is 0 Å². The molecule has 1 aliphatic carbocycles. The molecule has 1 saturated heterocycles. The van der Waals surface area contributed by atoms with Crippen LogP contribution < -0.4 is 5.32 Å². The second kappa shape index (κ2) is 5.22. The molecule has 0 bridgehead atoms. The van der Waals surface area contributed by atoms with Gasteiger partial charge in [0.05, 0.1) is 12.7 Å². The van der Waals surface area contributed by atoms with Crippen molar-refractivity contribution >= 4 is 0 Å². The summed E-state index contributed by atoms with van der Waals surface area (Å²) in [5.41, 5.74) is 1.10. The van der Waals surface area contributed by atoms with E-state index >= 15 is 0 Å². The summed E-state index contributed by atoms with van der Waals surface area (Å²) in [6.07, 6.45) is 6.27. The molecule has 19 heavy (non-hydrogen) atoms. The second-order valence-electron chi connectivity index (χ2n) is 6.06. The summed E-state index contributed by atoms with van der Waals surface area (Å²) in [7, 11) is 0. The number of halogens is 1. The van der Waals surface area contributed by atoms with Crippen LogP contribution >= 0.6 is 0 Å². The largest absolute Gasteiger partial charge is 0.370 e. The Hall–Kier alpha value is -0.930. The number of rotatable bonds is 1. The van der Waals surface area contributed by atoms with Crippen molar-refractivity contribution in [2.24, 2.45) is 0 Å². The summed E-state index contributed by atoms with van der Waals surface area (Å²) in [5, 5.41) is 3.75. The molecule has 1 spiro atoms. The normalized spacial score (nSPS) is 30.4. The standard InChI is InChI=1S/C16H22FNO/c1-12-15(13-6-5-7-14(17)10-13)19-11-16(18-12)8-3-2-4-9-16/h5-7,10,12,15,18H,2-4,8-9,11H2,1H3. The quantitative estimate of drug-likeness (QED) is 0.836. The Morgan fingerprint density at radius 1 is 1.26 bits per heavy atom. The molecule has 1 saturated carbocycles. The van der Waals surface area contributed by atoms with Crippen molar-refractivity contribution in [1.82, 2.24) is 5.32 Å². The van der Waals surface area contributed by atoms with E-state index in [9.17, 15) is 4.39 Å². The molecule has 3 rings (SSSR count). The molecule has 0 aromatic heterocycles. The summed E-state index contributed by atoms with van der Waals surface area (Å²) in [6, 6.07) is 7.00. The van der Waals surface area contributed by atoms with Crippen molar-refractivity contribution < 1.29 is 9.13 Å². The van der Waals surface area contributed by atoms with Gasteiger partial charge in [-0.3, -0.25) is 0 Å². The maximum Gasteiger partial charge on any atom is 0.123 e. The Kier molecular flexibility index (Phi) is 3.59. The van der Waals surface area contributed by atoms with Gasteiger partial charge >= 0.3 is 0 Å². The molecule has 2 aliphatic rings. The average Bonchev–Trinajstić information content (AvgIpc) is 2.39. The van der Waals surface area contributed by atoms with Crippen LogP contribution in [0.4, 0.5) is 4.39 Å². The minimum Gasteiger partial charge on any atom is -0.370 e. The third-order valence-electron chi connectivity index (χ3n) is 4.52. The first-order chi connectivity index (χ1) is 9.19. The molecule has 1 aromatic rings. The highest BCUT2D eigenvalue weighted by atomic mass is 19.1. The summed E-state index contributed by atoms with van der Waals surface area (Å²) in [4.78, 5) is 0. The van der Waals surface area contributed by atoms with Gasteiger partial charge in [-0.15, -0.1) is 0 Å². The van der Waals surface area contributed by atoms with Crippen LogP contribution in [0.2, 0.25) is 0 Å². The highest BCUT2D eigenvalue weighted by Gasteiger charge is 2.40. The minimum absolute atomic E-state index is 0.0387. The van der Waals surface area contributed by atoms with Gasteiger partial charge in [0.25, 0.3) is 0 Å². The molecule has 2 fully saturated rings. The first kappa shape index (κ1) is 13.1. The van der Waals surface area contributed by atoms with E-state index in [1.807, 2.05) is 6.07 Å². The van der Waals surface area contributed by atoms with E-state index in [1.165, 1.54) is 38.2 Å². The number of nitrogens with one attached hydrogen (secondary N) is 1. The summed E-state index contributed by atoms with van der Waals surface area (Å²) in [6.45, 7) is 2.89. The lowest BCUT2D eigenvalue weighted by Gasteiger charge is -2.47. The van der Waals surface area contributed by atoms with Crippen LogP contribution in [0.3, 0.4) is 0 Å². The maximum absolute atomic E-state index is 13.3. The molecule has 1 aromatic carbocycles. The predicted octanol–water partition coefficient (Wildman–Crippen LogP) is 3.58. The zero-order valence-corrected chi connectivity index (χ0v) is 11.5. The number of hydrogen-bond donors (Lipinski definition) is 1. The highest BCUT2D eigenvalue weighted by molar-refractivity contribution is 5.21. The van der Waals surface area contributed by atoms with Gasteiger partial charge in [0.1, 0.15) is 5.82 Å². The number of benzene rings is 1. The molecule has 0 amide bonds. The van der Waals surface area contributed by atoms with Crippen molar-refractivity contribution in [2.75, 3.05) is 6.61 Å². The van der Waals surface area contributed by atoms with Crippen LogP contribution in [-0.4, -0.2) is 18.2 Å². The van der Waals surface area contributed by atoms with Gasteiger partial charge in [0, 0.05) is 11.6 Å². The predicted molar refractivity (Wildman–Crippen MR) is 73.5 cm³/mol. The lowest BCUT2D eigenvalue weighted by atomic mass is 9.80. The Morgan fingerprint density at radius 2 is 2.05 bits per heavy atom. The molecule has 2 atom stereocenters. The first-order valence-electron chi connectivity index (χ1n) is 7.33. The molecule has 0 radical (unpaired) electrons. The minimum atomic E-state index is -0.189. The lowest BCUT2D eigenvalue weighted by molar-refractivity contribution is -0.0715. The monoisotopic (exact) mass is 263 g/mol. The third-order valence-corrected chi connectivity index (χ3v) is 4.52. The van der Waals surface area contributed by atoms with Gasteiger partial charge in [-0.05, 0) is 37.5 Å². The highest BCUT2D eigenvalue weighted by Crippen LogP contribution is 2.36. The molecule has 3 heteroatoms. The molecule has 1 aliphatic heterocycles. The van der Waals surface area contributed by atoms with E-state index in [2.05, 4.69) is 12.2 Å². The van der Waals surface area contributed by atoms with E-state index in [1.54, 1.807) is 12.1 Å². The zero-order chi connectivity index (χ0) is 13.3.